The molecule has 2 amide bonds. The molecule has 3 aliphatic heterocycles. The molecule has 2 fully saturated rings. The maximum Gasteiger partial charge on any atom is 0.256 e. The Morgan fingerprint density at radius 2 is 1.02 bits per heavy atom. The highest BCUT2D eigenvalue weighted by molar-refractivity contribution is 6.31. The predicted molar refractivity (Wildman–Crippen MR) is 221 cm³/mol. The number of piperidine rings is 1. The first-order valence-corrected chi connectivity index (χ1v) is 19.7. The molecule has 1 aliphatic carbocycles. The average molecular weight is 797 g/mol. The number of carbonyl (C=O) groups excluding carboxylic acids is 2. The Morgan fingerprint density at radius 3 is 1.41 bits per heavy atom. The van der Waals surface area contributed by atoms with Gasteiger partial charge >= 0.3 is 0 Å². The fraction of sp³-hybridized carbons (Fsp3) is 0.333. The molecule has 1 saturated heterocycles. The van der Waals surface area contributed by atoms with Gasteiger partial charge in [-0.05, 0) is 133 Å². The average Bonchev–Trinajstić information content (AvgIpc) is 3.58. The van der Waals surface area contributed by atoms with Crippen molar-refractivity contribution in [1.29, 1.82) is 0 Å². The first kappa shape index (κ1) is 39.6. The van der Waals surface area contributed by atoms with Gasteiger partial charge in [-0.3, -0.25) is 9.59 Å². The zero-order chi connectivity index (χ0) is 39.8. The van der Waals surface area contributed by atoms with Crippen LogP contribution in [0.15, 0.2) is 96.4 Å². The van der Waals surface area contributed by atoms with Crippen molar-refractivity contribution in [2.75, 3.05) is 27.3 Å². The lowest BCUT2D eigenvalue weighted by Crippen LogP contribution is -2.52. The number of aliphatic hydroxyl groups is 2. The van der Waals surface area contributed by atoms with Gasteiger partial charge in [0.25, 0.3) is 11.8 Å². The van der Waals surface area contributed by atoms with Gasteiger partial charge in [0.1, 0.15) is 17.1 Å². The van der Waals surface area contributed by atoms with E-state index in [9.17, 15) is 19.8 Å². The molecule has 0 unspecified atom stereocenters. The molecule has 8 rings (SSSR count). The van der Waals surface area contributed by atoms with Crippen LogP contribution in [0.5, 0.6) is 0 Å². The van der Waals surface area contributed by atoms with Crippen LogP contribution in [-0.4, -0.2) is 71.6 Å². The van der Waals surface area contributed by atoms with E-state index in [-0.39, 0.29) is 29.4 Å². The molecule has 56 heavy (non-hydrogen) atoms. The van der Waals surface area contributed by atoms with Gasteiger partial charge in [0.05, 0.1) is 29.9 Å². The number of amides is 2. The van der Waals surface area contributed by atoms with Crippen LogP contribution < -0.4 is 10.6 Å². The molecule has 2 spiro atoms. The van der Waals surface area contributed by atoms with Crippen molar-refractivity contribution in [3.8, 4) is 22.3 Å². The number of nitrogens with zero attached hydrogens (tertiary/aromatic N) is 1. The number of ether oxygens (including phenoxy) is 1. The zero-order valence-electron chi connectivity index (χ0n) is 32.0. The molecular formula is C45H47Cl2N3O6. The second-order valence-corrected chi connectivity index (χ2v) is 16.0. The molecule has 0 radical (unpaired) electrons. The molecule has 4 N–H and O–H groups in total. The summed E-state index contributed by atoms with van der Waals surface area (Å²) in [5.74, 6) is -0.113. The van der Waals surface area contributed by atoms with E-state index in [1.807, 2.05) is 104 Å². The SMILES string of the molecule is COC1CCC2(CC1)NC(=O)C(c1cc(-c3ccc(Cl)cc3)ccc1C)=C2O.CON1CCC2(CC1)NC(=O)C(c1cc(-c3ccc(Cl)cc3)ccc1C)=C2O. The van der Waals surface area contributed by atoms with E-state index in [2.05, 4.69) is 10.6 Å². The number of benzene rings is 4. The lowest BCUT2D eigenvalue weighted by Gasteiger charge is -2.37. The van der Waals surface area contributed by atoms with Crippen molar-refractivity contribution >= 4 is 46.2 Å². The number of hydroxylamine groups is 2. The minimum Gasteiger partial charge on any atom is -0.509 e. The maximum atomic E-state index is 12.9. The maximum absolute atomic E-state index is 12.9. The summed E-state index contributed by atoms with van der Waals surface area (Å²) in [5, 5.41) is 31.5. The van der Waals surface area contributed by atoms with E-state index < -0.39 is 11.1 Å². The Hall–Kier alpha value is -4.64. The quantitative estimate of drug-likeness (QED) is 0.154. The van der Waals surface area contributed by atoms with Gasteiger partial charge in [0.2, 0.25) is 0 Å². The molecule has 4 aromatic carbocycles. The summed E-state index contributed by atoms with van der Waals surface area (Å²) in [4.78, 5) is 31.0. The van der Waals surface area contributed by atoms with E-state index in [4.69, 9.17) is 32.8 Å². The van der Waals surface area contributed by atoms with Crippen molar-refractivity contribution in [1.82, 2.24) is 15.7 Å². The summed E-state index contributed by atoms with van der Waals surface area (Å²) in [5.41, 5.74) is 6.80. The third-order valence-electron chi connectivity index (χ3n) is 11.9. The highest BCUT2D eigenvalue weighted by Gasteiger charge is 2.49. The molecule has 1 saturated carbocycles. The van der Waals surface area contributed by atoms with E-state index >= 15 is 0 Å². The lowest BCUT2D eigenvalue weighted by atomic mass is 9.79. The molecular weight excluding hydrogens is 749 g/mol. The first-order valence-electron chi connectivity index (χ1n) is 19.0. The first-order chi connectivity index (χ1) is 26.9. The van der Waals surface area contributed by atoms with Gasteiger partial charge in [-0.25, -0.2) is 0 Å². The van der Waals surface area contributed by atoms with Crippen LogP contribution in [0.2, 0.25) is 10.0 Å². The third-order valence-corrected chi connectivity index (χ3v) is 12.4. The van der Waals surface area contributed by atoms with Gasteiger partial charge in [0.15, 0.2) is 0 Å². The molecule has 4 aromatic rings. The number of aryl methyl sites for hydroxylation is 2. The Bertz CT molecular complexity index is 2040. The smallest absolute Gasteiger partial charge is 0.256 e. The third kappa shape index (κ3) is 7.59. The van der Waals surface area contributed by atoms with Crippen molar-refractivity contribution in [2.45, 2.75) is 69.6 Å². The summed E-state index contributed by atoms with van der Waals surface area (Å²) in [6, 6.07) is 27.1. The van der Waals surface area contributed by atoms with Crippen LogP contribution >= 0.6 is 23.2 Å². The number of hydrogen-bond donors (Lipinski definition) is 4. The Kier molecular flexibility index (Phi) is 11.4. The van der Waals surface area contributed by atoms with Crippen LogP contribution in [0, 0.1) is 13.8 Å². The second kappa shape index (κ2) is 16.1. The Morgan fingerprint density at radius 1 is 0.625 bits per heavy atom. The summed E-state index contributed by atoms with van der Waals surface area (Å²) in [6.07, 6.45) is 4.41. The van der Waals surface area contributed by atoms with E-state index in [0.717, 1.165) is 57.3 Å². The van der Waals surface area contributed by atoms with Gasteiger partial charge in [-0.2, -0.15) is 5.06 Å². The van der Waals surface area contributed by atoms with Gasteiger partial charge in [-0.15, -0.1) is 0 Å². The number of nitrogens with one attached hydrogen (secondary N) is 2. The van der Waals surface area contributed by atoms with Crippen molar-refractivity contribution in [2.24, 2.45) is 0 Å². The van der Waals surface area contributed by atoms with Crippen LogP contribution in [0.4, 0.5) is 0 Å². The summed E-state index contributed by atoms with van der Waals surface area (Å²) in [7, 11) is 3.35. The minimum atomic E-state index is -0.704. The largest absolute Gasteiger partial charge is 0.509 e. The van der Waals surface area contributed by atoms with Gasteiger partial charge < -0.3 is 30.4 Å². The molecule has 3 heterocycles. The van der Waals surface area contributed by atoms with Crippen molar-refractivity contribution in [3.05, 3.63) is 129 Å². The van der Waals surface area contributed by atoms with Crippen LogP contribution in [-0.2, 0) is 19.2 Å². The highest BCUT2D eigenvalue weighted by atomic mass is 35.5. The molecule has 9 nitrogen and oxygen atoms in total. The number of carbonyl (C=O) groups is 2. The van der Waals surface area contributed by atoms with E-state index in [1.54, 1.807) is 14.2 Å². The number of hydrogen-bond acceptors (Lipinski definition) is 7. The zero-order valence-corrected chi connectivity index (χ0v) is 33.6. The number of methoxy groups -OCH3 is 1. The fourth-order valence-corrected chi connectivity index (χ4v) is 8.64. The summed E-state index contributed by atoms with van der Waals surface area (Å²) < 4.78 is 5.44. The summed E-state index contributed by atoms with van der Waals surface area (Å²) in [6.45, 7) is 5.21. The van der Waals surface area contributed by atoms with Gasteiger partial charge in [0, 0.05) is 30.2 Å². The Balaban J connectivity index is 0.000000172. The highest BCUT2D eigenvalue weighted by Crippen LogP contribution is 2.44. The number of halogens is 2. The molecule has 4 aliphatic rings. The molecule has 292 valence electrons. The number of rotatable bonds is 6. The topological polar surface area (TPSA) is 120 Å². The normalized spacial score (nSPS) is 22.0. The fourth-order valence-electron chi connectivity index (χ4n) is 8.39. The monoisotopic (exact) mass is 795 g/mol. The predicted octanol–water partition coefficient (Wildman–Crippen LogP) is 9.15. The van der Waals surface area contributed by atoms with E-state index in [0.29, 0.717) is 60.0 Å². The van der Waals surface area contributed by atoms with E-state index in [1.165, 1.54) is 0 Å². The lowest BCUT2D eigenvalue weighted by molar-refractivity contribution is -0.152. The van der Waals surface area contributed by atoms with Crippen molar-refractivity contribution in [3.63, 3.8) is 0 Å². The van der Waals surface area contributed by atoms with Crippen LogP contribution in [0.3, 0.4) is 0 Å². The Labute approximate surface area is 337 Å². The standard InChI is InChI=1S/C23H24ClNO3.C22H23ClN2O3/c1-14-3-4-16(15-5-7-17(24)8-6-15)13-19(14)20-21(26)23(25-22(20)27)11-9-18(28-2)10-12-23;1-14-3-4-16(15-5-7-17(23)8-6-15)13-18(14)19-20(26)22(24-21(19)27)9-11-25(28-2)12-10-22/h3-8,13,18,26H,9-12H2,1-2H3,(H,25,27);3-8,13,26H,9-12H2,1-2H3,(H,24,27). The van der Waals surface area contributed by atoms with Crippen LogP contribution in [0.1, 0.15) is 60.8 Å². The van der Waals surface area contributed by atoms with Crippen molar-refractivity contribution < 1.29 is 29.4 Å². The van der Waals surface area contributed by atoms with Gasteiger partial charge in [-0.1, -0.05) is 71.7 Å². The molecule has 0 atom stereocenters. The summed E-state index contributed by atoms with van der Waals surface area (Å²) >= 11 is 12.0. The molecule has 11 heteroatoms. The van der Waals surface area contributed by atoms with Crippen LogP contribution in [0.25, 0.3) is 33.4 Å². The second-order valence-electron chi connectivity index (χ2n) is 15.1. The molecule has 0 bridgehead atoms. The minimum absolute atomic E-state index is 0.143. The number of aliphatic hydroxyl groups excluding tert-OH is 2. The molecule has 0 aromatic heterocycles.